The number of benzene rings is 2. The van der Waals surface area contributed by atoms with Crippen molar-refractivity contribution < 1.29 is 14.7 Å². The predicted octanol–water partition coefficient (Wildman–Crippen LogP) is 1.65. The van der Waals surface area contributed by atoms with Gasteiger partial charge in [0.15, 0.2) is 5.11 Å². The lowest BCUT2D eigenvalue weighted by atomic mass is 10.1. The van der Waals surface area contributed by atoms with E-state index >= 15 is 0 Å². The second-order valence-corrected chi connectivity index (χ2v) is 5.15. The number of hydrogen-bond donors (Lipinski definition) is 4. The quantitative estimate of drug-likeness (QED) is 0.497. The van der Waals surface area contributed by atoms with Gasteiger partial charge in [0.05, 0.1) is 5.56 Å². The number of phenols is 1. The van der Waals surface area contributed by atoms with E-state index in [0.29, 0.717) is 5.56 Å². The molecule has 0 aliphatic carbocycles. The second kappa shape index (κ2) is 7.37. The molecule has 0 radical (unpaired) electrons. The van der Waals surface area contributed by atoms with Crippen LogP contribution in [-0.2, 0) is 0 Å². The van der Waals surface area contributed by atoms with Crippen LogP contribution in [0.15, 0.2) is 48.5 Å². The third kappa shape index (κ3) is 4.52. The van der Waals surface area contributed by atoms with Crippen LogP contribution in [0.1, 0.15) is 26.3 Å². The van der Waals surface area contributed by atoms with Crippen molar-refractivity contribution in [3.05, 3.63) is 65.2 Å². The Morgan fingerprint density at radius 1 is 0.957 bits per heavy atom. The number of carbonyl (C=O) groups excluding carboxylic acids is 2. The molecule has 0 saturated heterocycles. The number of para-hydroxylation sites is 1. The van der Waals surface area contributed by atoms with Gasteiger partial charge in [0, 0.05) is 5.56 Å². The Morgan fingerprint density at radius 3 is 2.26 bits per heavy atom. The summed E-state index contributed by atoms with van der Waals surface area (Å²) >= 11 is 4.94. The largest absolute Gasteiger partial charge is 0.507 e. The molecule has 2 amide bonds. The molecule has 6 nitrogen and oxygen atoms in total. The second-order valence-electron chi connectivity index (χ2n) is 4.75. The fourth-order valence-electron chi connectivity index (χ4n) is 1.76. The van der Waals surface area contributed by atoms with Crippen molar-refractivity contribution in [3.63, 3.8) is 0 Å². The molecule has 0 saturated carbocycles. The third-order valence-electron chi connectivity index (χ3n) is 2.98. The van der Waals surface area contributed by atoms with E-state index in [2.05, 4.69) is 16.2 Å². The Kier molecular flexibility index (Phi) is 5.27. The van der Waals surface area contributed by atoms with Crippen LogP contribution in [0.3, 0.4) is 0 Å². The highest BCUT2D eigenvalue weighted by Gasteiger charge is 2.11. The van der Waals surface area contributed by atoms with Gasteiger partial charge in [-0.05, 0) is 43.4 Å². The number of nitrogens with one attached hydrogen (secondary N) is 3. The van der Waals surface area contributed by atoms with Crippen LogP contribution in [0.4, 0.5) is 0 Å². The molecule has 7 heteroatoms. The first-order chi connectivity index (χ1) is 11.0. The molecule has 0 aliphatic heterocycles. The molecule has 0 fully saturated rings. The van der Waals surface area contributed by atoms with Crippen LogP contribution in [-0.4, -0.2) is 22.0 Å². The van der Waals surface area contributed by atoms with Gasteiger partial charge in [-0.3, -0.25) is 25.8 Å². The number of hydrogen-bond acceptors (Lipinski definition) is 4. The average Bonchev–Trinajstić information content (AvgIpc) is 2.53. The minimum Gasteiger partial charge on any atom is -0.507 e. The Labute approximate surface area is 138 Å². The van der Waals surface area contributed by atoms with E-state index in [-0.39, 0.29) is 22.3 Å². The van der Waals surface area contributed by atoms with Crippen molar-refractivity contribution in [2.24, 2.45) is 0 Å². The van der Waals surface area contributed by atoms with Gasteiger partial charge >= 0.3 is 0 Å². The first kappa shape index (κ1) is 16.4. The Bertz CT molecular complexity index is 744. The fourth-order valence-corrected chi connectivity index (χ4v) is 1.90. The van der Waals surface area contributed by atoms with Crippen molar-refractivity contribution >= 4 is 29.1 Å². The van der Waals surface area contributed by atoms with Gasteiger partial charge in [-0.2, -0.15) is 0 Å². The normalized spacial score (nSPS) is 9.78. The zero-order valence-corrected chi connectivity index (χ0v) is 13.1. The molecule has 0 heterocycles. The maximum Gasteiger partial charge on any atom is 0.273 e. The highest BCUT2D eigenvalue weighted by molar-refractivity contribution is 7.80. The molecule has 0 aliphatic rings. The van der Waals surface area contributed by atoms with Gasteiger partial charge in [0.2, 0.25) is 0 Å². The van der Waals surface area contributed by atoms with Gasteiger partial charge < -0.3 is 5.11 Å². The first-order valence-electron chi connectivity index (χ1n) is 6.73. The van der Waals surface area contributed by atoms with Crippen molar-refractivity contribution in [1.82, 2.24) is 16.2 Å². The summed E-state index contributed by atoms with van der Waals surface area (Å²) in [7, 11) is 0. The Morgan fingerprint density at radius 2 is 1.61 bits per heavy atom. The lowest BCUT2D eigenvalue weighted by molar-refractivity contribution is 0.0932. The van der Waals surface area contributed by atoms with Gasteiger partial charge in [-0.1, -0.05) is 29.8 Å². The van der Waals surface area contributed by atoms with Gasteiger partial charge in [0.1, 0.15) is 5.75 Å². The number of rotatable bonds is 2. The zero-order chi connectivity index (χ0) is 16.8. The highest BCUT2D eigenvalue weighted by atomic mass is 32.1. The Balaban J connectivity index is 1.88. The summed E-state index contributed by atoms with van der Waals surface area (Å²) in [5.74, 6) is -1.12. The smallest absolute Gasteiger partial charge is 0.273 e. The van der Waals surface area contributed by atoms with E-state index in [1.165, 1.54) is 12.1 Å². The number of hydrazine groups is 1. The average molecular weight is 329 g/mol. The lowest BCUT2D eigenvalue weighted by Gasteiger charge is -2.11. The molecule has 0 unspecified atom stereocenters. The van der Waals surface area contributed by atoms with Crippen LogP contribution < -0.4 is 16.2 Å². The molecule has 0 spiro atoms. The summed E-state index contributed by atoms with van der Waals surface area (Å²) in [5.41, 5.74) is 6.29. The van der Waals surface area contributed by atoms with E-state index in [1.54, 1.807) is 24.3 Å². The summed E-state index contributed by atoms with van der Waals surface area (Å²) in [6.07, 6.45) is 0. The van der Waals surface area contributed by atoms with Crippen molar-refractivity contribution in [3.8, 4) is 5.75 Å². The number of carbonyl (C=O) groups is 2. The summed E-state index contributed by atoms with van der Waals surface area (Å²) in [5, 5.41) is 12.0. The lowest BCUT2D eigenvalue weighted by Crippen LogP contribution is -2.48. The monoisotopic (exact) mass is 329 g/mol. The summed E-state index contributed by atoms with van der Waals surface area (Å²) in [4.78, 5) is 23.8. The summed E-state index contributed by atoms with van der Waals surface area (Å²) in [6.45, 7) is 1.92. The highest BCUT2D eigenvalue weighted by Crippen LogP contribution is 2.14. The first-order valence-corrected chi connectivity index (χ1v) is 7.14. The van der Waals surface area contributed by atoms with Crippen LogP contribution in [0.25, 0.3) is 0 Å². The summed E-state index contributed by atoms with van der Waals surface area (Å²) < 4.78 is 0. The van der Waals surface area contributed by atoms with E-state index in [9.17, 15) is 14.7 Å². The minimum absolute atomic E-state index is 0.0562. The van der Waals surface area contributed by atoms with E-state index in [0.717, 1.165) is 5.56 Å². The molecule has 23 heavy (non-hydrogen) atoms. The van der Waals surface area contributed by atoms with Crippen molar-refractivity contribution in [2.45, 2.75) is 6.92 Å². The molecule has 2 rings (SSSR count). The number of aryl methyl sites for hydroxylation is 1. The SMILES string of the molecule is Cc1ccc(C(=O)NC(=S)NNC(=O)c2ccccc2O)cc1. The van der Waals surface area contributed by atoms with Crippen LogP contribution >= 0.6 is 12.2 Å². The van der Waals surface area contributed by atoms with Gasteiger partial charge in [0.25, 0.3) is 11.8 Å². The minimum atomic E-state index is -0.574. The number of aromatic hydroxyl groups is 1. The molecule has 2 aromatic carbocycles. The van der Waals surface area contributed by atoms with Crippen LogP contribution in [0.5, 0.6) is 5.75 Å². The topological polar surface area (TPSA) is 90.5 Å². The number of thiocarbonyl (C=S) groups is 1. The zero-order valence-electron chi connectivity index (χ0n) is 12.3. The molecule has 4 N–H and O–H groups in total. The number of phenolic OH excluding ortho intramolecular Hbond substituents is 1. The molecule has 0 bridgehead atoms. The third-order valence-corrected chi connectivity index (χ3v) is 3.18. The van der Waals surface area contributed by atoms with Crippen molar-refractivity contribution in [1.29, 1.82) is 0 Å². The predicted molar refractivity (Wildman–Crippen MR) is 90.0 cm³/mol. The van der Waals surface area contributed by atoms with E-state index in [1.807, 2.05) is 19.1 Å². The molecule has 0 atom stereocenters. The van der Waals surface area contributed by atoms with E-state index in [4.69, 9.17) is 12.2 Å². The molecule has 0 aromatic heterocycles. The van der Waals surface area contributed by atoms with E-state index < -0.39 is 5.91 Å². The molecule has 118 valence electrons. The Hall–Kier alpha value is -2.93. The molecular formula is C16H15N3O3S. The maximum absolute atomic E-state index is 11.9. The van der Waals surface area contributed by atoms with Crippen LogP contribution in [0.2, 0.25) is 0 Å². The standard InChI is InChI=1S/C16H15N3O3S/c1-10-6-8-11(9-7-10)14(21)17-16(23)19-18-15(22)12-4-2-3-5-13(12)20/h2-9,20H,1H3,(H,18,22)(H2,17,19,21,23). The van der Waals surface area contributed by atoms with Gasteiger partial charge in [-0.25, -0.2) is 0 Å². The number of amides is 2. The molecule has 2 aromatic rings. The maximum atomic E-state index is 11.9. The van der Waals surface area contributed by atoms with Gasteiger partial charge in [-0.15, -0.1) is 0 Å². The van der Waals surface area contributed by atoms with Crippen molar-refractivity contribution in [2.75, 3.05) is 0 Å². The molecular weight excluding hydrogens is 314 g/mol. The fraction of sp³-hybridized carbons (Fsp3) is 0.0625. The van der Waals surface area contributed by atoms with Crippen LogP contribution in [0, 0.1) is 6.92 Å². The summed E-state index contributed by atoms with van der Waals surface area (Å²) in [6, 6.07) is 13.0.